The molecule has 0 aliphatic carbocycles. The van der Waals surface area contributed by atoms with Crippen molar-refractivity contribution in [3.05, 3.63) is 46.7 Å². The van der Waals surface area contributed by atoms with Gasteiger partial charge in [0.15, 0.2) is 0 Å². The molecule has 0 saturated carbocycles. The van der Waals surface area contributed by atoms with Crippen LogP contribution in [0.3, 0.4) is 0 Å². The Morgan fingerprint density at radius 2 is 1.50 bits per heavy atom. The normalized spacial score (nSPS) is 11.9. The van der Waals surface area contributed by atoms with Crippen LogP contribution in [-0.4, -0.2) is 13.2 Å². The van der Waals surface area contributed by atoms with Crippen LogP contribution in [0.1, 0.15) is 18.7 Å². The Bertz CT molecular complexity index is 810. The maximum atomic E-state index is 12.7. The summed E-state index contributed by atoms with van der Waals surface area (Å²) in [5, 5.41) is 2.09. The Labute approximate surface area is 154 Å². The fourth-order valence-corrected chi connectivity index (χ4v) is 7.33. The summed E-state index contributed by atoms with van der Waals surface area (Å²) in [6, 6.07) is 12.6. The van der Waals surface area contributed by atoms with Crippen molar-refractivity contribution in [1.82, 2.24) is 0 Å². The van der Waals surface area contributed by atoms with Gasteiger partial charge in [-0.25, -0.2) is 0 Å². The smallest absolute Gasteiger partial charge is 0.309 e. The molecule has 3 aromatic heterocycles. The lowest BCUT2D eigenvalue weighted by Crippen LogP contribution is -1.97. The van der Waals surface area contributed by atoms with Crippen molar-refractivity contribution in [3.8, 4) is 19.5 Å². The molecule has 128 valence electrons. The van der Waals surface area contributed by atoms with Gasteiger partial charge in [0.1, 0.15) is 0 Å². The van der Waals surface area contributed by atoms with Crippen LogP contribution in [0.15, 0.2) is 41.8 Å². The summed E-state index contributed by atoms with van der Waals surface area (Å²) in [5.74, 6) is 0. The van der Waals surface area contributed by atoms with Gasteiger partial charge in [0.25, 0.3) is 0 Å². The first kappa shape index (κ1) is 18.1. The second-order valence-corrected chi connectivity index (χ2v) is 10.3. The first-order chi connectivity index (χ1) is 11.6. The quantitative estimate of drug-likeness (QED) is 0.384. The minimum Gasteiger partial charge on any atom is -0.309 e. The zero-order chi connectivity index (χ0) is 17.0. The van der Waals surface area contributed by atoms with Crippen LogP contribution in [0, 0.1) is 0 Å². The first-order valence-corrected chi connectivity index (χ1v) is 12.0. The third-order valence-electron chi connectivity index (χ3n) is 3.28. The summed E-state index contributed by atoms with van der Waals surface area (Å²) in [7, 11) is -3.04. The van der Waals surface area contributed by atoms with Gasteiger partial charge in [-0.15, -0.1) is 34.0 Å². The topological polar surface area (TPSA) is 35.5 Å². The molecular formula is C17H19O3PS3. The summed E-state index contributed by atoms with van der Waals surface area (Å²) in [6.07, 6.45) is 0.336. The van der Waals surface area contributed by atoms with Crippen molar-refractivity contribution in [2.75, 3.05) is 13.2 Å². The Morgan fingerprint density at radius 1 is 0.875 bits per heavy atom. The maximum Gasteiger partial charge on any atom is 0.335 e. The largest absolute Gasteiger partial charge is 0.335 e. The fourth-order valence-electron chi connectivity index (χ4n) is 2.33. The van der Waals surface area contributed by atoms with Gasteiger partial charge in [0.05, 0.1) is 19.4 Å². The lowest BCUT2D eigenvalue weighted by Gasteiger charge is -2.15. The molecule has 0 radical (unpaired) electrons. The molecule has 3 rings (SSSR count). The Hall–Kier alpha value is -0.750. The highest BCUT2D eigenvalue weighted by Gasteiger charge is 2.25. The molecule has 0 bridgehead atoms. The molecule has 0 unspecified atom stereocenters. The van der Waals surface area contributed by atoms with Crippen molar-refractivity contribution in [1.29, 1.82) is 0 Å². The van der Waals surface area contributed by atoms with E-state index in [-0.39, 0.29) is 0 Å². The van der Waals surface area contributed by atoms with E-state index in [0.29, 0.717) is 19.4 Å². The third-order valence-corrected chi connectivity index (χ3v) is 8.95. The zero-order valence-electron chi connectivity index (χ0n) is 13.6. The van der Waals surface area contributed by atoms with Crippen LogP contribution in [0.5, 0.6) is 0 Å². The van der Waals surface area contributed by atoms with Gasteiger partial charge >= 0.3 is 7.60 Å². The molecule has 0 aliphatic heterocycles. The molecule has 3 aromatic rings. The van der Waals surface area contributed by atoms with Gasteiger partial charge in [-0.1, -0.05) is 6.07 Å². The minimum atomic E-state index is -3.04. The molecule has 0 N–H and O–H groups in total. The Kier molecular flexibility index (Phi) is 6.08. The average Bonchev–Trinajstić information content (AvgIpc) is 3.28. The van der Waals surface area contributed by atoms with Crippen LogP contribution in [0.25, 0.3) is 19.5 Å². The summed E-state index contributed by atoms with van der Waals surface area (Å²) >= 11 is 5.19. The summed E-state index contributed by atoms with van der Waals surface area (Å²) in [5.41, 5.74) is 0. The highest BCUT2D eigenvalue weighted by atomic mass is 32.1. The zero-order valence-corrected chi connectivity index (χ0v) is 16.9. The molecule has 24 heavy (non-hydrogen) atoms. The molecule has 0 aromatic carbocycles. The van der Waals surface area contributed by atoms with Crippen molar-refractivity contribution in [2.45, 2.75) is 20.0 Å². The lowest BCUT2D eigenvalue weighted by molar-refractivity contribution is 0.219. The molecule has 0 atom stereocenters. The third kappa shape index (κ3) is 4.26. The van der Waals surface area contributed by atoms with Gasteiger partial charge in [0, 0.05) is 24.4 Å². The molecule has 3 heterocycles. The average molecular weight is 399 g/mol. The van der Waals surface area contributed by atoms with Gasteiger partial charge in [0.2, 0.25) is 0 Å². The molecule has 0 aliphatic rings. The van der Waals surface area contributed by atoms with Crippen LogP contribution in [0.4, 0.5) is 0 Å². The monoisotopic (exact) mass is 398 g/mol. The highest BCUT2D eigenvalue weighted by molar-refractivity contribution is 7.53. The van der Waals surface area contributed by atoms with Crippen LogP contribution < -0.4 is 0 Å². The fraction of sp³-hybridized carbons (Fsp3) is 0.294. The summed E-state index contributed by atoms with van der Waals surface area (Å²) < 4.78 is 23.4. The van der Waals surface area contributed by atoms with Crippen LogP contribution in [0.2, 0.25) is 0 Å². The maximum absolute atomic E-state index is 12.7. The van der Waals surface area contributed by atoms with E-state index in [9.17, 15) is 4.57 Å². The second kappa shape index (κ2) is 8.09. The molecule has 7 heteroatoms. The van der Waals surface area contributed by atoms with Crippen molar-refractivity contribution in [2.24, 2.45) is 0 Å². The number of thiophene rings is 3. The van der Waals surface area contributed by atoms with E-state index < -0.39 is 7.60 Å². The summed E-state index contributed by atoms with van der Waals surface area (Å²) in [4.78, 5) is 6.03. The standard InChI is InChI=1S/C17H19O3PS3/c1-3-19-21(18,20-4-2)12-13-7-8-16(23-13)17-10-9-15(24-17)14-6-5-11-22-14/h5-11H,3-4,12H2,1-2H3. The molecule has 0 amide bonds. The van der Waals surface area contributed by atoms with Gasteiger partial charge < -0.3 is 9.05 Å². The van der Waals surface area contributed by atoms with E-state index in [1.54, 1.807) is 34.0 Å². The molecule has 0 fully saturated rings. The molecule has 0 spiro atoms. The van der Waals surface area contributed by atoms with E-state index in [4.69, 9.17) is 9.05 Å². The van der Waals surface area contributed by atoms with Gasteiger partial charge in [-0.05, 0) is 49.6 Å². The Balaban J connectivity index is 1.77. The molecular weight excluding hydrogens is 379 g/mol. The highest BCUT2D eigenvalue weighted by Crippen LogP contribution is 2.52. The van der Waals surface area contributed by atoms with Gasteiger partial charge in [-0.2, -0.15) is 0 Å². The van der Waals surface area contributed by atoms with E-state index in [1.807, 2.05) is 19.9 Å². The second-order valence-electron chi connectivity index (χ2n) is 5.01. The number of hydrogen-bond donors (Lipinski definition) is 0. The van der Waals surface area contributed by atoms with Gasteiger partial charge in [-0.3, -0.25) is 4.57 Å². The first-order valence-electron chi connectivity index (χ1n) is 7.74. The number of hydrogen-bond acceptors (Lipinski definition) is 6. The van der Waals surface area contributed by atoms with Crippen molar-refractivity contribution in [3.63, 3.8) is 0 Å². The minimum absolute atomic E-state index is 0.336. The van der Waals surface area contributed by atoms with E-state index >= 15 is 0 Å². The lowest BCUT2D eigenvalue weighted by atomic mass is 10.3. The van der Waals surface area contributed by atoms with Crippen LogP contribution in [-0.2, 0) is 19.8 Å². The number of rotatable bonds is 8. The van der Waals surface area contributed by atoms with Crippen molar-refractivity contribution < 1.29 is 13.6 Å². The molecule has 0 saturated heterocycles. The SMILES string of the molecule is CCOP(=O)(Cc1ccc(-c2ccc(-c3cccs3)s2)s1)OCC. The van der Waals surface area contributed by atoms with E-state index in [2.05, 4.69) is 35.7 Å². The predicted molar refractivity (Wildman–Crippen MR) is 106 cm³/mol. The van der Waals surface area contributed by atoms with Crippen LogP contribution >= 0.6 is 41.6 Å². The summed E-state index contributed by atoms with van der Waals surface area (Å²) in [6.45, 7) is 4.46. The van der Waals surface area contributed by atoms with E-state index in [0.717, 1.165) is 4.88 Å². The van der Waals surface area contributed by atoms with E-state index in [1.165, 1.54) is 19.5 Å². The van der Waals surface area contributed by atoms with Crippen molar-refractivity contribution >= 4 is 41.6 Å². The molecule has 3 nitrogen and oxygen atoms in total. The Morgan fingerprint density at radius 3 is 2.12 bits per heavy atom. The predicted octanol–water partition coefficient (Wildman–Crippen LogP) is 6.97.